The van der Waals surface area contributed by atoms with Gasteiger partial charge < -0.3 is 4.98 Å². The average molecular weight is 208 g/mol. The van der Waals surface area contributed by atoms with Crippen LogP contribution in [0.2, 0.25) is 5.15 Å². The van der Waals surface area contributed by atoms with Crippen LogP contribution in [0.25, 0.3) is 0 Å². The number of hydrogen-bond acceptors (Lipinski definition) is 3. The van der Waals surface area contributed by atoms with E-state index in [1.165, 1.54) is 18.5 Å². The van der Waals surface area contributed by atoms with Crippen LogP contribution >= 0.6 is 11.6 Å². The quantitative estimate of drug-likeness (QED) is 0.602. The van der Waals surface area contributed by atoms with Crippen molar-refractivity contribution in [3.8, 4) is 0 Å². The van der Waals surface area contributed by atoms with Gasteiger partial charge in [0.05, 0.1) is 0 Å². The summed E-state index contributed by atoms with van der Waals surface area (Å²) >= 11 is 5.66. The Morgan fingerprint density at radius 2 is 2.21 bits per heavy atom. The van der Waals surface area contributed by atoms with E-state index < -0.39 is 0 Å². The molecule has 0 aliphatic heterocycles. The van der Waals surface area contributed by atoms with Crippen LogP contribution in [-0.4, -0.2) is 20.7 Å². The Balaban J connectivity index is 2.37. The Morgan fingerprint density at radius 3 is 2.86 bits per heavy atom. The maximum atomic E-state index is 11.7. The largest absolute Gasteiger partial charge is 0.342 e. The van der Waals surface area contributed by atoms with Crippen molar-refractivity contribution in [2.75, 3.05) is 0 Å². The second-order valence-corrected chi connectivity index (χ2v) is 3.02. The van der Waals surface area contributed by atoms with Gasteiger partial charge in [0.2, 0.25) is 5.78 Å². The summed E-state index contributed by atoms with van der Waals surface area (Å²) in [6, 6.07) is 3.10. The minimum atomic E-state index is -0.195. The van der Waals surface area contributed by atoms with Crippen molar-refractivity contribution in [3.05, 3.63) is 47.3 Å². The van der Waals surface area contributed by atoms with E-state index in [9.17, 15) is 4.79 Å². The van der Waals surface area contributed by atoms with E-state index >= 15 is 0 Å². The smallest absolute Gasteiger partial charge is 0.228 e. The molecule has 2 rings (SSSR count). The minimum Gasteiger partial charge on any atom is -0.342 e. The van der Waals surface area contributed by atoms with Crippen molar-refractivity contribution >= 4 is 17.4 Å². The van der Waals surface area contributed by atoms with Gasteiger partial charge in [-0.05, 0) is 12.1 Å². The molecular formula is C9H6ClN3O. The number of aromatic nitrogens is 3. The number of pyridine rings is 1. The molecule has 0 spiro atoms. The number of rotatable bonds is 2. The van der Waals surface area contributed by atoms with Gasteiger partial charge in [-0.25, -0.2) is 9.97 Å². The summed E-state index contributed by atoms with van der Waals surface area (Å²) in [5.41, 5.74) is 0.472. The Hall–Kier alpha value is -1.68. The Labute approximate surface area is 85.0 Å². The summed E-state index contributed by atoms with van der Waals surface area (Å²) in [5, 5.41) is 0.294. The molecule has 0 aromatic carbocycles. The van der Waals surface area contributed by atoms with Crippen LogP contribution in [0.4, 0.5) is 0 Å². The Kier molecular flexibility index (Phi) is 2.28. The van der Waals surface area contributed by atoms with Gasteiger partial charge in [0.1, 0.15) is 5.15 Å². The first-order chi connectivity index (χ1) is 6.77. The fraction of sp³-hybridized carbons (Fsp3) is 0. The second kappa shape index (κ2) is 3.59. The fourth-order valence-electron chi connectivity index (χ4n) is 1.07. The number of halogens is 1. The molecule has 0 atom stereocenters. The minimum absolute atomic E-state index is 0.195. The van der Waals surface area contributed by atoms with Crippen molar-refractivity contribution in [1.29, 1.82) is 0 Å². The molecule has 5 heteroatoms. The van der Waals surface area contributed by atoms with Crippen LogP contribution in [0, 0.1) is 0 Å². The highest BCUT2D eigenvalue weighted by atomic mass is 35.5. The van der Waals surface area contributed by atoms with E-state index in [0.29, 0.717) is 16.5 Å². The number of aromatic amines is 1. The second-order valence-electron chi connectivity index (χ2n) is 2.63. The highest BCUT2D eigenvalue weighted by Gasteiger charge is 2.11. The van der Waals surface area contributed by atoms with Gasteiger partial charge in [-0.3, -0.25) is 4.79 Å². The molecule has 0 saturated carbocycles. The molecule has 2 heterocycles. The van der Waals surface area contributed by atoms with Crippen molar-refractivity contribution in [2.45, 2.75) is 0 Å². The van der Waals surface area contributed by atoms with Crippen molar-refractivity contribution in [1.82, 2.24) is 15.0 Å². The summed E-state index contributed by atoms with van der Waals surface area (Å²) < 4.78 is 0. The molecule has 0 aliphatic carbocycles. The Morgan fingerprint density at radius 1 is 1.36 bits per heavy atom. The van der Waals surface area contributed by atoms with Crippen LogP contribution in [0.3, 0.4) is 0 Å². The lowest BCUT2D eigenvalue weighted by atomic mass is 10.2. The lowest BCUT2D eigenvalue weighted by Crippen LogP contribution is -2.03. The molecule has 1 N–H and O–H groups in total. The van der Waals surface area contributed by atoms with Gasteiger partial charge in [-0.1, -0.05) is 11.6 Å². The van der Waals surface area contributed by atoms with E-state index in [2.05, 4.69) is 15.0 Å². The van der Waals surface area contributed by atoms with Crippen molar-refractivity contribution < 1.29 is 4.79 Å². The fourth-order valence-corrected chi connectivity index (χ4v) is 1.24. The van der Waals surface area contributed by atoms with Crippen molar-refractivity contribution in [3.63, 3.8) is 0 Å². The first kappa shape index (κ1) is 8.90. The molecule has 2 aromatic rings. The Bertz CT molecular complexity index is 453. The molecular weight excluding hydrogens is 202 g/mol. The maximum Gasteiger partial charge on any atom is 0.228 e. The lowest BCUT2D eigenvalue weighted by molar-refractivity contribution is 0.103. The molecule has 70 valence electrons. The van der Waals surface area contributed by atoms with Gasteiger partial charge in [0, 0.05) is 24.2 Å². The van der Waals surface area contributed by atoms with E-state index in [1.807, 2.05) is 0 Å². The van der Waals surface area contributed by atoms with Crippen LogP contribution in [-0.2, 0) is 0 Å². The highest BCUT2D eigenvalue weighted by Crippen LogP contribution is 2.10. The summed E-state index contributed by atoms with van der Waals surface area (Å²) in [4.78, 5) is 22.0. The van der Waals surface area contributed by atoms with Crippen molar-refractivity contribution in [2.24, 2.45) is 0 Å². The molecule has 0 fully saturated rings. The number of carbonyl (C=O) groups is 1. The van der Waals surface area contributed by atoms with Gasteiger partial charge in [-0.15, -0.1) is 0 Å². The monoisotopic (exact) mass is 207 g/mol. The standard InChI is InChI=1S/C9H6ClN3O/c10-7-5-6(1-2-11-7)8(14)9-12-3-4-13-9/h1-5H,(H,12,13). The van der Waals surface area contributed by atoms with E-state index in [4.69, 9.17) is 11.6 Å². The summed E-state index contributed by atoms with van der Waals surface area (Å²) in [6.07, 6.45) is 4.60. The lowest BCUT2D eigenvalue weighted by Gasteiger charge is -1.96. The zero-order valence-corrected chi connectivity index (χ0v) is 7.82. The van der Waals surface area contributed by atoms with E-state index in [1.54, 1.807) is 12.3 Å². The van der Waals surface area contributed by atoms with Gasteiger partial charge in [0.15, 0.2) is 5.82 Å². The SMILES string of the molecule is O=C(c1ccnc(Cl)c1)c1ncc[nH]1. The third-order valence-corrected chi connectivity index (χ3v) is 1.91. The zero-order valence-electron chi connectivity index (χ0n) is 7.07. The molecule has 2 aromatic heterocycles. The first-order valence-corrected chi connectivity index (χ1v) is 4.31. The summed E-state index contributed by atoms with van der Waals surface area (Å²) in [6.45, 7) is 0. The maximum absolute atomic E-state index is 11.7. The molecule has 0 bridgehead atoms. The van der Waals surface area contributed by atoms with Crippen LogP contribution < -0.4 is 0 Å². The number of hydrogen-bond donors (Lipinski definition) is 1. The van der Waals surface area contributed by atoms with Gasteiger partial charge >= 0.3 is 0 Å². The van der Waals surface area contributed by atoms with E-state index in [-0.39, 0.29) is 5.78 Å². The molecule has 0 aliphatic rings. The molecule has 0 amide bonds. The summed E-state index contributed by atoms with van der Waals surface area (Å²) in [7, 11) is 0. The normalized spacial score (nSPS) is 10.1. The van der Waals surface area contributed by atoms with Gasteiger partial charge in [0.25, 0.3) is 0 Å². The number of imidazole rings is 1. The molecule has 14 heavy (non-hydrogen) atoms. The van der Waals surface area contributed by atoms with Crippen LogP contribution in [0.1, 0.15) is 16.2 Å². The topological polar surface area (TPSA) is 58.6 Å². The number of nitrogens with one attached hydrogen (secondary N) is 1. The first-order valence-electron chi connectivity index (χ1n) is 3.93. The molecule has 0 unspecified atom stereocenters. The zero-order chi connectivity index (χ0) is 9.97. The predicted molar refractivity (Wildman–Crippen MR) is 51.3 cm³/mol. The third-order valence-electron chi connectivity index (χ3n) is 1.70. The van der Waals surface area contributed by atoms with Crippen LogP contribution in [0.15, 0.2) is 30.7 Å². The average Bonchev–Trinajstić information content (AvgIpc) is 2.69. The predicted octanol–water partition coefficient (Wildman–Crippen LogP) is 1.69. The highest BCUT2D eigenvalue weighted by molar-refractivity contribution is 6.29. The third kappa shape index (κ3) is 1.65. The molecule has 4 nitrogen and oxygen atoms in total. The number of nitrogens with zero attached hydrogens (tertiary/aromatic N) is 2. The van der Waals surface area contributed by atoms with E-state index in [0.717, 1.165) is 0 Å². The number of ketones is 1. The number of carbonyl (C=O) groups excluding carboxylic acids is 1. The number of H-pyrrole nitrogens is 1. The molecule has 0 saturated heterocycles. The summed E-state index contributed by atoms with van der Waals surface area (Å²) in [5.74, 6) is 0.103. The molecule has 0 radical (unpaired) electrons. The van der Waals surface area contributed by atoms with Gasteiger partial charge in [-0.2, -0.15) is 0 Å². The van der Waals surface area contributed by atoms with Crippen LogP contribution in [0.5, 0.6) is 0 Å².